The molecule has 2 aromatic heterocycles. The minimum atomic E-state index is -3.44. The highest BCUT2D eigenvalue weighted by atomic mass is 32.2. The molecule has 2 heterocycles. The third kappa shape index (κ3) is 3.87. The van der Waals surface area contributed by atoms with E-state index in [9.17, 15) is 8.42 Å². The van der Waals surface area contributed by atoms with E-state index >= 15 is 0 Å². The van der Waals surface area contributed by atoms with Gasteiger partial charge in [0.2, 0.25) is 15.0 Å². The van der Waals surface area contributed by atoms with Gasteiger partial charge in [-0.2, -0.15) is 0 Å². The SMILES string of the molecule is Cc1cc2cnc(S(C)(=O)=O)nc2c(NCC(C)(C)C)n1. The van der Waals surface area contributed by atoms with Crippen LogP contribution in [0.5, 0.6) is 0 Å². The molecule has 7 heteroatoms. The predicted octanol–water partition coefficient (Wildman–Crippen LogP) is 2.19. The van der Waals surface area contributed by atoms with E-state index in [0.717, 1.165) is 17.3 Å². The molecule has 0 saturated heterocycles. The summed E-state index contributed by atoms with van der Waals surface area (Å²) in [5.74, 6) is 0.590. The Morgan fingerprint density at radius 3 is 2.48 bits per heavy atom. The summed E-state index contributed by atoms with van der Waals surface area (Å²) in [5.41, 5.74) is 1.43. The highest BCUT2D eigenvalue weighted by molar-refractivity contribution is 7.90. The van der Waals surface area contributed by atoms with Crippen molar-refractivity contribution in [1.82, 2.24) is 15.0 Å². The first-order chi connectivity index (χ1) is 9.56. The van der Waals surface area contributed by atoms with Gasteiger partial charge in [-0.1, -0.05) is 20.8 Å². The van der Waals surface area contributed by atoms with Crippen LogP contribution in [0.25, 0.3) is 10.9 Å². The van der Waals surface area contributed by atoms with Gasteiger partial charge in [-0.05, 0) is 18.4 Å². The monoisotopic (exact) mass is 308 g/mol. The van der Waals surface area contributed by atoms with Gasteiger partial charge in [0.1, 0.15) is 5.52 Å². The lowest BCUT2D eigenvalue weighted by Gasteiger charge is -2.20. The molecule has 2 aromatic rings. The smallest absolute Gasteiger partial charge is 0.247 e. The van der Waals surface area contributed by atoms with Crippen molar-refractivity contribution in [3.63, 3.8) is 0 Å². The quantitative estimate of drug-likeness (QED) is 0.875. The zero-order valence-electron chi connectivity index (χ0n) is 12.9. The van der Waals surface area contributed by atoms with Crippen molar-refractivity contribution in [1.29, 1.82) is 0 Å². The number of sulfone groups is 1. The lowest BCUT2D eigenvalue weighted by atomic mass is 9.97. The molecule has 2 rings (SSSR count). The van der Waals surface area contributed by atoms with E-state index in [1.807, 2.05) is 13.0 Å². The van der Waals surface area contributed by atoms with E-state index in [-0.39, 0.29) is 10.6 Å². The molecule has 21 heavy (non-hydrogen) atoms. The highest BCUT2D eigenvalue weighted by Gasteiger charge is 2.16. The molecule has 0 aromatic carbocycles. The molecule has 1 N–H and O–H groups in total. The van der Waals surface area contributed by atoms with E-state index in [1.165, 1.54) is 6.20 Å². The summed E-state index contributed by atoms with van der Waals surface area (Å²) in [5, 5.41) is 3.84. The van der Waals surface area contributed by atoms with Crippen molar-refractivity contribution in [2.75, 3.05) is 18.1 Å². The number of hydrogen-bond donors (Lipinski definition) is 1. The first kappa shape index (κ1) is 15.6. The Bertz CT molecular complexity index is 779. The zero-order chi connectivity index (χ0) is 15.8. The maximum atomic E-state index is 11.6. The first-order valence-corrected chi connectivity index (χ1v) is 8.54. The van der Waals surface area contributed by atoms with Gasteiger partial charge in [0, 0.05) is 30.1 Å². The standard InChI is InChI=1S/C14H20N4O2S/c1-9-6-10-7-15-13(21(5,19)20)18-11(10)12(17-9)16-8-14(2,3)4/h6-7H,8H2,1-5H3,(H,16,17). The second-order valence-corrected chi connectivity index (χ2v) is 8.30. The number of nitrogens with one attached hydrogen (secondary N) is 1. The molecule has 0 aliphatic heterocycles. The Morgan fingerprint density at radius 1 is 1.24 bits per heavy atom. The van der Waals surface area contributed by atoms with Crippen LogP contribution in [0.15, 0.2) is 17.4 Å². The fraction of sp³-hybridized carbons (Fsp3) is 0.500. The molecule has 0 spiro atoms. The average Bonchev–Trinajstić information content (AvgIpc) is 2.33. The third-order valence-electron chi connectivity index (χ3n) is 2.79. The summed E-state index contributed by atoms with van der Waals surface area (Å²) >= 11 is 0. The van der Waals surface area contributed by atoms with E-state index < -0.39 is 9.84 Å². The minimum Gasteiger partial charge on any atom is -0.368 e. The molecule has 0 amide bonds. The van der Waals surface area contributed by atoms with Crippen LogP contribution in [0.1, 0.15) is 26.5 Å². The normalized spacial score (nSPS) is 12.6. The van der Waals surface area contributed by atoms with Crippen LogP contribution in [0.4, 0.5) is 5.82 Å². The van der Waals surface area contributed by atoms with Crippen LogP contribution in [0.2, 0.25) is 0 Å². The van der Waals surface area contributed by atoms with Gasteiger partial charge in [0.15, 0.2) is 5.82 Å². The number of pyridine rings is 1. The molecular formula is C14H20N4O2S. The number of anilines is 1. The number of hydrogen-bond acceptors (Lipinski definition) is 6. The zero-order valence-corrected chi connectivity index (χ0v) is 13.7. The van der Waals surface area contributed by atoms with Gasteiger partial charge in [-0.3, -0.25) is 0 Å². The third-order valence-corrected chi connectivity index (χ3v) is 3.65. The topological polar surface area (TPSA) is 84.8 Å². The molecule has 0 radical (unpaired) electrons. The summed E-state index contributed by atoms with van der Waals surface area (Å²) in [6.45, 7) is 8.90. The van der Waals surface area contributed by atoms with Crippen LogP contribution in [0, 0.1) is 12.3 Å². The summed E-state index contributed by atoms with van der Waals surface area (Å²) in [6, 6.07) is 1.84. The van der Waals surface area contributed by atoms with Crippen LogP contribution in [-0.4, -0.2) is 36.2 Å². The van der Waals surface area contributed by atoms with E-state index in [2.05, 4.69) is 41.0 Å². The lowest BCUT2D eigenvalue weighted by molar-refractivity contribution is 0.442. The van der Waals surface area contributed by atoms with Crippen molar-refractivity contribution in [2.45, 2.75) is 32.9 Å². The van der Waals surface area contributed by atoms with Crippen LogP contribution >= 0.6 is 0 Å². The molecule has 114 valence electrons. The summed E-state index contributed by atoms with van der Waals surface area (Å²) in [4.78, 5) is 12.5. The summed E-state index contributed by atoms with van der Waals surface area (Å²) < 4.78 is 23.2. The largest absolute Gasteiger partial charge is 0.368 e. The van der Waals surface area contributed by atoms with Crippen molar-refractivity contribution in [3.05, 3.63) is 18.0 Å². The molecule has 0 saturated carbocycles. The minimum absolute atomic E-state index is 0.0739. The maximum absolute atomic E-state index is 11.6. The Labute approximate surface area is 125 Å². The average molecular weight is 308 g/mol. The number of aromatic nitrogens is 3. The Kier molecular flexibility index (Phi) is 3.88. The fourth-order valence-corrected chi connectivity index (χ4v) is 2.31. The van der Waals surface area contributed by atoms with Crippen molar-refractivity contribution in [2.24, 2.45) is 5.41 Å². The second kappa shape index (κ2) is 5.22. The van der Waals surface area contributed by atoms with E-state index in [4.69, 9.17) is 0 Å². The summed E-state index contributed by atoms with van der Waals surface area (Å²) in [6.07, 6.45) is 2.62. The van der Waals surface area contributed by atoms with Crippen LogP contribution < -0.4 is 5.32 Å². The maximum Gasteiger partial charge on any atom is 0.247 e. The van der Waals surface area contributed by atoms with Gasteiger partial charge in [-0.15, -0.1) is 0 Å². The van der Waals surface area contributed by atoms with Crippen molar-refractivity contribution in [3.8, 4) is 0 Å². The van der Waals surface area contributed by atoms with Gasteiger partial charge < -0.3 is 5.32 Å². The number of aryl methyl sites for hydroxylation is 1. The van der Waals surface area contributed by atoms with Gasteiger partial charge in [-0.25, -0.2) is 23.4 Å². The number of fused-ring (bicyclic) bond motifs is 1. The predicted molar refractivity (Wildman–Crippen MR) is 83.1 cm³/mol. The van der Waals surface area contributed by atoms with Crippen LogP contribution in [-0.2, 0) is 9.84 Å². The Balaban J connectivity index is 2.57. The van der Waals surface area contributed by atoms with Gasteiger partial charge in [0.05, 0.1) is 0 Å². The fourth-order valence-electron chi connectivity index (χ4n) is 1.81. The molecule has 0 fully saturated rings. The molecule has 0 aliphatic rings. The molecule has 0 atom stereocenters. The first-order valence-electron chi connectivity index (χ1n) is 6.65. The van der Waals surface area contributed by atoms with Crippen molar-refractivity contribution < 1.29 is 8.42 Å². The van der Waals surface area contributed by atoms with E-state index in [0.29, 0.717) is 17.9 Å². The van der Waals surface area contributed by atoms with E-state index in [1.54, 1.807) is 0 Å². The Morgan fingerprint density at radius 2 is 1.90 bits per heavy atom. The second-order valence-electron chi connectivity index (χ2n) is 6.39. The molecule has 0 aliphatic carbocycles. The number of nitrogens with zero attached hydrogens (tertiary/aromatic N) is 3. The molecule has 6 nitrogen and oxygen atoms in total. The summed E-state index contributed by atoms with van der Waals surface area (Å²) in [7, 11) is -3.44. The van der Waals surface area contributed by atoms with Crippen molar-refractivity contribution >= 4 is 26.6 Å². The number of rotatable bonds is 3. The highest BCUT2D eigenvalue weighted by Crippen LogP contribution is 2.23. The lowest BCUT2D eigenvalue weighted by Crippen LogP contribution is -2.20. The molecular weight excluding hydrogens is 288 g/mol. The van der Waals surface area contributed by atoms with Gasteiger partial charge in [0.25, 0.3) is 0 Å². The Hall–Kier alpha value is -1.76. The molecule has 0 bridgehead atoms. The van der Waals surface area contributed by atoms with Crippen LogP contribution in [0.3, 0.4) is 0 Å². The molecule has 0 unspecified atom stereocenters. The van der Waals surface area contributed by atoms with Gasteiger partial charge >= 0.3 is 0 Å².